The van der Waals surface area contributed by atoms with Crippen molar-refractivity contribution in [3.63, 3.8) is 0 Å². The predicted octanol–water partition coefficient (Wildman–Crippen LogP) is 3.51. The van der Waals surface area contributed by atoms with Crippen molar-refractivity contribution in [1.29, 1.82) is 0 Å². The van der Waals surface area contributed by atoms with Crippen molar-refractivity contribution in [2.24, 2.45) is 0 Å². The fourth-order valence-electron chi connectivity index (χ4n) is 2.79. The first-order valence-electron chi connectivity index (χ1n) is 7.04. The second kappa shape index (κ2) is 5.80. The van der Waals surface area contributed by atoms with Crippen LogP contribution in [-0.4, -0.2) is 22.3 Å². The molecule has 104 valence electrons. The molecule has 0 radical (unpaired) electrons. The highest BCUT2D eigenvalue weighted by atomic mass is 35.5. The van der Waals surface area contributed by atoms with Crippen LogP contribution in [-0.2, 0) is 0 Å². The normalized spacial score (nSPS) is 22.6. The van der Waals surface area contributed by atoms with Gasteiger partial charge in [-0.3, -0.25) is 9.78 Å². The van der Waals surface area contributed by atoms with Gasteiger partial charge < -0.3 is 5.32 Å². The summed E-state index contributed by atoms with van der Waals surface area (Å²) >= 11 is 6.30. The molecule has 1 heterocycles. The van der Waals surface area contributed by atoms with E-state index < -0.39 is 0 Å². The zero-order valence-corrected chi connectivity index (χ0v) is 11.9. The number of alkyl halides is 1. The highest BCUT2D eigenvalue weighted by Crippen LogP contribution is 2.24. The third kappa shape index (κ3) is 2.63. The minimum absolute atomic E-state index is 0.0303. The average Bonchev–Trinajstić information content (AvgIpc) is 2.49. The van der Waals surface area contributed by atoms with Gasteiger partial charge in [0.2, 0.25) is 0 Å². The van der Waals surface area contributed by atoms with Crippen molar-refractivity contribution < 1.29 is 4.79 Å². The minimum atomic E-state index is -0.126. The van der Waals surface area contributed by atoms with Crippen LogP contribution in [0.1, 0.15) is 36.2 Å². The van der Waals surface area contributed by atoms with Crippen LogP contribution in [0.5, 0.6) is 0 Å². The lowest BCUT2D eigenvalue weighted by Gasteiger charge is -2.27. The third-order valence-electron chi connectivity index (χ3n) is 3.89. The second-order valence-electron chi connectivity index (χ2n) is 5.26. The molecule has 1 aromatic heterocycles. The zero-order chi connectivity index (χ0) is 13.9. The van der Waals surface area contributed by atoms with E-state index in [9.17, 15) is 4.79 Å². The lowest BCUT2D eigenvalue weighted by molar-refractivity contribution is 0.0925. The Kier molecular flexibility index (Phi) is 3.88. The molecular formula is C16H17ClN2O. The molecule has 1 aliphatic rings. The summed E-state index contributed by atoms with van der Waals surface area (Å²) in [5.41, 5.74) is 0.484. The fourth-order valence-corrected chi connectivity index (χ4v) is 3.13. The number of pyridine rings is 1. The number of halogens is 1. The van der Waals surface area contributed by atoms with Crippen molar-refractivity contribution in [3.05, 3.63) is 42.2 Å². The Labute approximate surface area is 123 Å². The van der Waals surface area contributed by atoms with Gasteiger partial charge in [0.1, 0.15) is 5.69 Å². The van der Waals surface area contributed by atoms with Crippen molar-refractivity contribution in [3.8, 4) is 0 Å². The molecular weight excluding hydrogens is 272 g/mol. The summed E-state index contributed by atoms with van der Waals surface area (Å²) in [5, 5.41) is 4.98. The number of benzene rings is 1. The van der Waals surface area contributed by atoms with Gasteiger partial charge in [0.25, 0.3) is 5.91 Å². The van der Waals surface area contributed by atoms with Crippen LogP contribution in [0.3, 0.4) is 0 Å². The second-order valence-corrected chi connectivity index (χ2v) is 5.82. The highest BCUT2D eigenvalue weighted by molar-refractivity contribution is 6.21. The smallest absolute Gasteiger partial charge is 0.270 e. The van der Waals surface area contributed by atoms with E-state index in [1.165, 1.54) is 0 Å². The number of carbonyl (C=O) groups excluding carboxylic acids is 1. The van der Waals surface area contributed by atoms with Gasteiger partial charge >= 0.3 is 0 Å². The molecule has 1 saturated carbocycles. The lowest BCUT2D eigenvalue weighted by atomic mass is 9.94. The van der Waals surface area contributed by atoms with Gasteiger partial charge in [0, 0.05) is 17.6 Å². The summed E-state index contributed by atoms with van der Waals surface area (Å²) in [7, 11) is 0. The molecule has 0 aliphatic heterocycles. The Balaban J connectivity index is 1.85. The van der Waals surface area contributed by atoms with Crippen LogP contribution < -0.4 is 5.32 Å². The van der Waals surface area contributed by atoms with Gasteiger partial charge in [-0.2, -0.15) is 0 Å². The number of nitrogens with zero attached hydrogens (tertiary/aromatic N) is 1. The maximum absolute atomic E-state index is 12.4. The van der Waals surface area contributed by atoms with Crippen LogP contribution in [0.25, 0.3) is 10.8 Å². The van der Waals surface area contributed by atoms with Gasteiger partial charge in [-0.1, -0.05) is 37.1 Å². The molecule has 3 nitrogen and oxygen atoms in total. The van der Waals surface area contributed by atoms with E-state index in [0.29, 0.717) is 5.69 Å². The molecule has 2 atom stereocenters. The van der Waals surface area contributed by atoms with E-state index >= 15 is 0 Å². The number of amides is 1. The van der Waals surface area contributed by atoms with Crippen LogP contribution in [0.15, 0.2) is 36.5 Å². The molecule has 0 bridgehead atoms. The van der Waals surface area contributed by atoms with Gasteiger partial charge in [0.05, 0.1) is 5.38 Å². The number of fused-ring (bicyclic) bond motifs is 1. The Morgan fingerprint density at radius 3 is 2.85 bits per heavy atom. The van der Waals surface area contributed by atoms with E-state index in [1.807, 2.05) is 30.3 Å². The van der Waals surface area contributed by atoms with E-state index in [2.05, 4.69) is 10.3 Å². The molecule has 1 N–H and O–H groups in total. The number of hydrogen-bond donors (Lipinski definition) is 1. The number of hydrogen-bond acceptors (Lipinski definition) is 2. The summed E-state index contributed by atoms with van der Waals surface area (Å²) < 4.78 is 0. The molecule has 1 fully saturated rings. The molecule has 20 heavy (non-hydrogen) atoms. The predicted molar refractivity (Wildman–Crippen MR) is 81.1 cm³/mol. The number of carbonyl (C=O) groups is 1. The molecule has 3 rings (SSSR count). The van der Waals surface area contributed by atoms with Crippen molar-refractivity contribution >= 4 is 28.3 Å². The van der Waals surface area contributed by atoms with Crippen molar-refractivity contribution in [2.45, 2.75) is 37.1 Å². The number of nitrogens with one attached hydrogen (secondary N) is 1. The Hall–Kier alpha value is -1.61. The molecule has 0 spiro atoms. The topological polar surface area (TPSA) is 42.0 Å². The van der Waals surface area contributed by atoms with E-state index in [4.69, 9.17) is 11.6 Å². The SMILES string of the molecule is O=C(NC1CCCCC1Cl)c1nccc2ccccc12. The molecule has 2 aromatic rings. The van der Waals surface area contributed by atoms with Crippen LogP contribution >= 0.6 is 11.6 Å². The molecule has 0 saturated heterocycles. The maximum Gasteiger partial charge on any atom is 0.270 e. The average molecular weight is 289 g/mol. The largest absolute Gasteiger partial charge is 0.346 e. The summed E-state index contributed by atoms with van der Waals surface area (Å²) in [6.07, 6.45) is 5.86. The summed E-state index contributed by atoms with van der Waals surface area (Å²) in [6.45, 7) is 0. The van der Waals surface area contributed by atoms with E-state index in [0.717, 1.165) is 36.5 Å². The Morgan fingerprint density at radius 1 is 1.20 bits per heavy atom. The van der Waals surface area contributed by atoms with Gasteiger partial charge in [-0.05, 0) is 24.3 Å². The van der Waals surface area contributed by atoms with E-state index in [-0.39, 0.29) is 17.3 Å². The fraction of sp³-hybridized carbons (Fsp3) is 0.375. The third-order valence-corrected chi connectivity index (χ3v) is 4.41. The van der Waals surface area contributed by atoms with Crippen LogP contribution in [0.4, 0.5) is 0 Å². The monoisotopic (exact) mass is 288 g/mol. The quantitative estimate of drug-likeness (QED) is 0.859. The maximum atomic E-state index is 12.4. The first-order valence-corrected chi connectivity index (χ1v) is 7.48. The molecule has 1 aliphatic carbocycles. The Bertz CT molecular complexity index is 623. The molecule has 1 aromatic carbocycles. The van der Waals surface area contributed by atoms with Crippen molar-refractivity contribution in [2.75, 3.05) is 0 Å². The zero-order valence-electron chi connectivity index (χ0n) is 11.2. The first kappa shape index (κ1) is 13.4. The summed E-state index contributed by atoms with van der Waals surface area (Å²) in [5.74, 6) is -0.126. The first-order chi connectivity index (χ1) is 9.75. The van der Waals surface area contributed by atoms with Gasteiger partial charge in [0.15, 0.2) is 0 Å². The highest BCUT2D eigenvalue weighted by Gasteiger charge is 2.25. The van der Waals surface area contributed by atoms with Crippen molar-refractivity contribution in [1.82, 2.24) is 10.3 Å². The lowest BCUT2D eigenvalue weighted by Crippen LogP contribution is -2.43. The number of aromatic nitrogens is 1. The standard InChI is InChI=1S/C16H17ClN2O/c17-13-7-3-4-8-14(13)19-16(20)15-12-6-2-1-5-11(12)9-10-18-15/h1-2,5-6,9-10,13-14H,3-4,7-8H2,(H,19,20). The van der Waals surface area contributed by atoms with Gasteiger partial charge in [-0.25, -0.2) is 0 Å². The molecule has 4 heteroatoms. The van der Waals surface area contributed by atoms with Gasteiger partial charge in [-0.15, -0.1) is 11.6 Å². The molecule has 2 unspecified atom stereocenters. The summed E-state index contributed by atoms with van der Waals surface area (Å²) in [6, 6.07) is 9.76. The van der Waals surface area contributed by atoms with Crippen LogP contribution in [0, 0.1) is 0 Å². The molecule has 1 amide bonds. The van der Waals surface area contributed by atoms with Crippen LogP contribution in [0.2, 0.25) is 0 Å². The summed E-state index contributed by atoms with van der Waals surface area (Å²) in [4.78, 5) is 16.7. The number of rotatable bonds is 2. The minimum Gasteiger partial charge on any atom is -0.346 e. The van der Waals surface area contributed by atoms with E-state index in [1.54, 1.807) is 6.20 Å². The Morgan fingerprint density at radius 2 is 2.00 bits per heavy atom.